The van der Waals surface area contributed by atoms with Crippen LogP contribution in [0.2, 0.25) is 5.02 Å². The Morgan fingerprint density at radius 1 is 1.31 bits per heavy atom. The SMILES string of the molecule is CC.Cc1cc(Cl)c2oncc2c1. The van der Waals surface area contributed by atoms with Crippen LogP contribution in [-0.4, -0.2) is 5.16 Å². The van der Waals surface area contributed by atoms with Gasteiger partial charge in [-0.3, -0.25) is 0 Å². The predicted octanol–water partition coefficient (Wildman–Crippen LogP) is 3.82. The molecule has 1 aromatic heterocycles. The van der Waals surface area contributed by atoms with Crippen molar-refractivity contribution < 1.29 is 4.52 Å². The first-order valence-corrected chi connectivity index (χ1v) is 4.66. The van der Waals surface area contributed by atoms with E-state index in [4.69, 9.17) is 16.1 Å². The fraction of sp³-hybridized carbons (Fsp3) is 0.300. The molecule has 0 saturated carbocycles. The average Bonchev–Trinajstić information content (AvgIpc) is 2.55. The molecule has 2 nitrogen and oxygen atoms in total. The number of halogens is 1. The van der Waals surface area contributed by atoms with Crippen molar-refractivity contribution in [3.8, 4) is 0 Å². The second-order valence-corrected chi connectivity index (χ2v) is 2.90. The van der Waals surface area contributed by atoms with Gasteiger partial charge in [0.2, 0.25) is 0 Å². The quantitative estimate of drug-likeness (QED) is 0.642. The summed E-state index contributed by atoms with van der Waals surface area (Å²) in [7, 11) is 0. The molecular weight excluding hydrogens is 186 g/mol. The lowest BCUT2D eigenvalue weighted by atomic mass is 10.2. The van der Waals surface area contributed by atoms with Crippen LogP contribution in [0.5, 0.6) is 0 Å². The van der Waals surface area contributed by atoms with E-state index >= 15 is 0 Å². The van der Waals surface area contributed by atoms with E-state index in [0.29, 0.717) is 10.6 Å². The summed E-state index contributed by atoms with van der Waals surface area (Å²) >= 11 is 5.87. The van der Waals surface area contributed by atoms with Crippen molar-refractivity contribution in [1.29, 1.82) is 0 Å². The van der Waals surface area contributed by atoms with Gasteiger partial charge >= 0.3 is 0 Å². The van der Waals surface area contributed by atoms with E-state index in [-0.39, 0.29) is 0 Å². The molecule has 2 aromatic rings. The molecule has 0 fully saturated rings. The molecule has 0 aliphatic heterocycles. The zero-order chi connectivity index (χ0) is 9.84. The van der Waals surface area contributed by atoms with Crippen LogP contribution in [0, 0.1) is 6.92 Å². The van der Waals surface area contributed by atoms with Crippen LogP contribution < -0.4 is 0 Å². The largest absolute Gasteiger partial charge is 0.355 e. The molecule has 0 unspecified atom stereocenters. The van der Waals surface area contributed by atoms with Gasteiger partial charge in [0.1, 0.15) is 0 Å². The molecular formula is C10H12ClNO. The highest BCUT2D eigenvalue weighted by molar-refractivity contribution is 6.34. The highest BCUT2D eigenvalue weighted by atomic mass is 35.5. The Morgan fingerprint density at radius 2 is 2.00 bits per heavy atom. The molecule has 0 atom stereocenters. The minimum atomic E-state index is 0.623. The molecule has 13 heavy (non-hydrogen) atoms. The Bertz CT molecular complexity index is 395. The molecule has 0 saturated heterocycles. The number of fused-ring (bicyclic) bond motifs is 1. The number of nitrogens with zero attached hydrogens (tertiary/aromatic N) is 1. The molecule has 2 rings (SSSR count). The summed E-state index contributed by atoms with van der Waals surface area (Å²) in [6.07, 6.45) is 1.66. The third kappa shape index (κ3) is 2.01. The fourth-order valence-electron chi connectivity index (χ4n) is 1.08. The summed E-state index contributed by atoms with van der Waals surface area (Å²) in [5, 5.41) is 5.22. The highest BCUT2D eigenvalue weighted by Crippen LogP contribution is 2.24. The number of aromatic nitrogens is 1. The molecule has 0 amide bonds. The third-order valence-corrected chi connectivity index (χ3v) is 1.83. The maximum Gasteiger partial charge on any atom is 0.185 e. The Morgan fingerprint density at radius 3 is 2.69 bits per heavy atom. The monoisotopic (exact) mass is 197 g/mol. The molecule has 0 spiro atoms. The molecule has 0 N–H and O–H groups in total. The number of benzene rings is 1. The first kappa shape index (κ1) is 10.1. The fourth-order valence-corrected chi connectivity index (χ4v) is 1.40. The third-order valence-electron chi connectivity index (χ3n) is 1.55. The maximum absolute atomic E-state index is 5.87. The highest BCUT2D eigenvalue weighted by Gasteiger charge is 2.03. The van der Waals surface area contributed by atoms with Crippen molar-refractivity contribution in [3.05, 3.63) is 28.9 Å². The molecule has 70 valence electrons. The van der Waals surface area contributed by atoms with Crippen molar-refractivity contribution >= 4 is 22.6 Å². The zero-order valence-electron chi connectivity index (χ0n) is 7.97. The second kappa shape index (κ2) is 4.28. The van der Waals surface area contributed by atoms with E-state index in [1.807, 2.05) is 32.9 Å². The van der Waals surface area contributed by atoms with E-state index in [0.717, 1.165) is 10.9 Å². The summed E-state index contributed by atoms with van der Waals surface area (Å²) in [5.74, 6) is 0. The van der Waals surface area contributed by atoms with Gasteiger partial charge in [-0.15, -0.1) is 0 Å². The normalized spacial score (nSPS) is 9.54. The number of hydrogen-bond donors (Lipinski definition) is 0. The van der Waals surface area contributed by atoms with E-state index in [1.54, 1.807) is 6.20 Å². The van der Waals surface area contributed by atoms with Gasteiger partial charge in [0, 0.05) is 5.39 Å². The first-order chi connectivity index (χ1) is 6.27. The number of rotatable bonds is 0. The van der Waals surface area contributed by atoms with Gasteiger partial charge in [-0.1, -0.05) is 30.6 Å². The van der Waals surface area contributed by atoms with E-state index in [1.165, 1.54) is 0 Å². The minimum absolute atomic E-state index is 0.623. The minimum Gasteiger partial charge on any atom is -0.355 e. The van der Waals surface area contributed by atoms with Crippen LogP contribution in [0.15, 0.2) is 22.9 Å². The summed E-state index contributed by atoms with van der Waals surface area (Å²) in [6.45, 7) is 5.98. The van der Waals surface area contributed by atoms with E-state index in [2.05, 4.69) is 5.16 Å². The van der Waals surface area contributed by atoms with E-state index < -0.39 is 0 Å². The maximum atomic E-state index is 5.87. The molecule has 0 radical (unpaired) electrons. The van der Waals surface area contributed by atoms with Crippen molar-refractivity contribution in [1.82, 2.24) is 5.16 Å². The Hall–Kier alpha value is -1.02. The molecule has 0 aliphatic rings. The Kier molecular flexibility index (Phi) is 3.32. The van der Waals surface area contributed by atoms with Crippen LogP contribution in [0.3, 0.4) is 0 Å². The van der Waals surface area contributed by atoms with Crippen molar-refractivity contribution in [2.45, 2.75) is 20.8 Å². The van der Waals surface area contributed by atoms with E-state index in [9.17, 15) is 0 Å². The lowest BCUT2D eigenvalue weighted by Gasteiger charge is -1.92. The van der Waals surface area contributed by atoms with Gasteiger partial charge in [-0.05, 0) is 24.6 Å². The van der Waals surface area contributed by atoms with Crippen LogP contribution in [0.4, 0.5) is 0 Å². The second-order valence-electron chi connectivity index (χ2n) is 2.49. The van der Waals surface area contributed by atoms with Gasteiger partial charge in [-0.2, -0.15) is 0 Å². The van der Waals surface area contributed by atoms with Gasteiger partial charge in [-0.25, -0.2) is 0 Å². The standard InChI is InChI=1S/C8H6ClNO.C2H6/c1-5-2-6-4-10-11-8(6)7(9)3-5;1-2/h2-4H,1H3;1-2H3. The van der Waals surface area contributed by atoms with Crippen LogP contribution >= 0.6 is 11.6 Å². The molecule has 3 heteroatoms. The van der Waals surface area contributed by atoms with Crippen molar-refractivity contribution in [2.24, 2.45) is 0 Å². The lowest BCUT2D eigenvalue weighted by molar-refractivity contribution is 0.456. The summed E-state index contributed by atoms with van der Waals surface area (Å²) < 4.78 is 4.92. The smallest absolute Gasteiger partial charge is 0.185 e. The molecule has 1 heterocycles. The van der Waals surface area contributed by atoms with Crippen molar-refractivity contribution in [3.63, 3.8) is 0 Å². The van der Waals surface area contributed by atoms with Gasteiger partial charge in [0.05, 0.1) is 11.2 Å². The summed E-state index contributed by atoms with van der Waals surface area (Å²) in [4.78, 5) is 0. The zero-order valence-corrected chi connectivity index (χ0v) is 8.72. The average molecular weight is 198 g/mol. The lowest BCUT2D eigenvalue weighted by Crippen LogP contribution is -1.71. The first-order valence-electron chi connectivity index (χ1n) is 4.28. The number of aryl methyl sites for hydroxylation is 1. The summed E-state index contributed by atoms with van der Waals surface area (Å²) in [5.41, 5.74) is 1.78. The summed E-state index contributed by atoms with van der Waals surface area (Å²) in [6, 6.07) is 3.84. The predicted molar refractivity (Wildman–Crippen MR) is 55.1 cm³/mol. The molecule has 0 bridgehead atoms. The van der Waals surface area contributed by atoms with Gasteiger partial charge < -0.3 is 4.52 Å². The van der Waals surface area contributed by atoms with Crippen molar-refractivity contribution in [2.75, 3.05) is 0 Å². The van der Waals surface area contributed by atoms with Crippen LogP contribution in [-0.2, 0) is 0 Å². The molecule has 1 aromatic carbocycles. The Balaban J connectivity index is 0.000000396. The van der Waals surface area contributed by atoms with Gasteiger partial charge in [0.25, 0.3) is 0 Å². The topological polar surface area (TPSA) is 26.0 Å². The number of hydrogen-bond acceptors (Lipinski definition) is 2. The van der Waals surface area contributed by atoms with Crippen LogP contribution in [0.25, 0.3) is 11.0 Å². The molecule has 0 aliphatic carbocycles. The van der Waals surface area contributed by atoms with Crippen LogP contribution in [0.1, 0.15) is 19.4 Å². The van der Waals surface area contributed by atoms with Gasteiger partial charge in [0.15, 0.2) is 5.58 Å². The Labute approximate surface area is 82.5 Å².